The van der Waals surface area contributed by atoms with Crippen LogP contribution in [0.1, 0.15) is 42.2 Å². The predicted octanol–water partition coefficient (Wildman–Crippen LogP) is 1.65. The molecule has 1 aromatic rings. The van der Waals surface area contributed by atoms with Gasteiger partial charge >= 0.3 is 0 Å². The van der Waals surface area contributed by atoms with Crippen LogP contribution in [0, 0.1) is 0 Å². The van der Waals surface area contributed by atoms with Crippen molar-refractivity contribution in [1.29, 1.82) is 0 Å². The van der Waals surface area contributed by atoms with E-state index in [2.05, 4.69) is 17.2 Å². The zero-order valence-electron chi connectivity index (χ0n) is 11.7. The number of hydrogen-bond acceptors (Lipinski definition) is 4. The van der Waals surface area contributed by atoms with Crippen molar-refractivity contribution in [2.24, 2.45) is 5.73 Å². The van der Waals surface area contributed by atoms with Crippen LogP contribution in [0.25, 0.3) is 0 Å². The van der Waals surface area contributed by atoms with Crippen LogP contribution in [0.3, 0.4) is 0 Å². The molecule has 0 unspecified atom stereocenters. The van der Waals surface area contributed by atoms with Crippen molar-refractivity contribution < 1.29 is 9.53 Å². The fourth-order valence-electron chi connectivity index (χ4n) is 1.49. The second kappa shape index (κ2) is 9.39. The number of rotatable bonds is 9. The van der Waals surface area contributed by atoms with E-state index in [4.69, 9.17) is 22.7 Å². The second-order valence-electron chi connectivity index (χ2n) is 4.37. The van der Waals surface area contributed by atoms with Crippen LogP contribution in [0.2, 0.25) is 0 Å². The Kier molecular flexibility index (Phi) is 7.75. The normalized spacial score (nSPS) is 10.2. The molecule has 0 saturated carbocycles. The third-order valence-electron chi connectivity index (χ3n) is 2.67. The molecule has 0 radical (unpaired) electrons. The Morgan fingerprint density at radius 3 is 2.75 bits per heavy atom. The number of hydrogen-bond donors (Lipinski definition) is 2. The smallest absolute Gasteiger partial charge is 0.269 e. The average molecular weight is 295 g/mol. The van der Waals surface area contributed by atoms with Gasteiger partial charge in [0.15, 0.2) is 0 Å². The minimum absolute atomic E-state index is 0.201. The quantitative estimate of drug-likeness (QED) is 0.535. The Bertz CT molecular complexity index is 435. The van der Waals surface area contributed by atoms with Crippen molar-refractivity contribution >= 4 is 23.1 Å². The first-order chi connectivity index (χ1) is 9.65. The van der Waals surface area contributed by atoms with Crippen molar-refractivity contribution in [2.75, 3.05) is 19.8 Å². The molecule has 110 valence electrons. The molecule has 5 nitrogen and oxygen atoms in total. The lowest BCUT2D eigenvalue weighted by molar-refractivity contribution is 0.0935. The van der Waals surface area contributed by atoms with Crippen LogP contribution in [-0.4, -0.2) is 35.6 Å². The number of ether oxygens (including phenoxy) is 1. The molecule has 1 aromatic heterocycles. The van der Waals surface area contributed by atoms with E-state index < -0.39 is 0 Å². The fraction of sp³-hybridized carbons (Fsp3) is 0.500. The lowest BCUT2D eigenvalue weighted by Crippen LogP contribution is -2.26. The summed E-state index contributed by atoms with van der Waals surface area (Å²) in [5, 5.41) is 2.79. The first-order valence-corrected chi connectivity index (χ1v) is 7.17. The highest BCUT2D eigenvalue weighted by Gasteiger charge is 2.06. The van der Waals surface area contributed by atoms with E-state index in [1.165, 1.54) is 6.20 Å². The highest BCUT2D eigenvalue weighted by molar-refractivity contribution is 7.80. The van der Waals surface area contributed by atoms with Gasteiger partial charge in [0.2, 0.25) is 0 Å². The Morgan fingerprint density at radius 1 is 1.40 bits per heavy atom. The number of carbonyl (C=O) groups excluding carboxylic acids is 1. The molecule has 1 amide bonds. The maximum absolute atomic E-state index is 11.8. The fourth-order valence-corrected chi connectivity index (χ4v) is 1.61. The summed E-state index contributed by atoms with van der Waals surface area (Å²) in [4.78, 5) is 16.1. The van der Waals surface area contributed by atoms with Crippen LogP contribution >= 0.6 is 12.2 Å². The van der Waals surface area contributed by atoms with Crippen LogP contribution in [0.15, 0.2) is 18.3 Å². The maximum Gasteiger partial charge on any atom is 0.269 e. The summed E-state index contributed by atoms with van der Waals surface area (Å²) in [7, 11) is 0. The Morgan fingerprint density at radius 2 is 2.15 bits per heavy atom. The number of nitrogens with zero attached hydrogens (tertiary/aromatic N) is 1. The molecule has 20 heavy (non-hydrogen) atoms. The van der Waals surface area contributed by atoms with E-state index in [0.29, 0.717) is 24.4 Å². The van der Waals surface area contributed by atoms with Gasteiger partial charge in [-0.15, -0.1) is 0 Å². The molecule has 0 fully saturated rings. The van der Waals surface area contributed by atoms with Gasteiger partial charge in [0.25, 0.3) is 5.91 Å². The number of nitrogens with one attached hydrogen (secondary N) is 1. The van der Waals surface area contributed by atoms with Gasteiger partial charge in [-0.3, -0.25) is 9.78 Å². The van der Waals surface area contributed by atoms with E-state index in [1.54, 1.807) is 12.1 Å². The highest BCUT2D eigenvalue weighted by atomic mass is 32.1. The third-order valence-corrected chi connectivity index (χ3v) is 2.91. The van der Waals surface area contributed by atoms with Crippen molar-refractivity contribution in [3.63, 3.8) is 0 Å². The van der Waals surface area contributed by atoms with Gasteiger partial charge in [0.05, 0.1) is 0 Å². The van der Waals surface area contributed by atoms with E-state index >= 15 is 0 Å². The van der Waals surface area contributed by atoms with Gasteiger partial charge in [0, 0.05) is 31.5 Å². The monoisotopic (exact) mass is 295 g/mol. The number of pyridine rings is 1. The molecule has 3 N–H and O–H groups in total. The van der Waals surface area contributed by atoms with Crippen LogP contribution in [0.4, 0.5) is 0 Å². The second-order valence-corrected chi connectivity index (χ2v) is 4.81. The summed E-state index contributed by atoms with van der Waals surface area (Å²) in [6.07, 6.45) is 4.50. The Hall–Kier alpha value is -1.53. The van der Waals surface area contributed by atoms with Gasteiger partial charge in [-0.2, -0.15) is 0 Å². The molecule has 6 heteroatoms. The first kappa shape index (κ1) is 16.5. The number of amides is 1. The van der Waals surface area contributed by atoms with Crippen LogP contribution in [0.5, 0.6) is 0 Å². The molecule has 0 spiro atoms. The van der Waals surface area contributed by atoms with Crippen molar-refractivity contribution in [3.05, 3.63) is 29.6 Å². The zero-order chi connectivity index (χ0) is 14.8. The summed E-state index contributed by atoms with van der Waals surface area (Å²) in [5.41, 5.74) is 6.48. The van der Waals surface area contributed by atoms with E-state index in [-0.39, 0.29) is 10.9 Å². The van der Waals surface area contributed by atoms with Gasteiger partial charge in [-0.05, 0) is 25.0 Å². The molecular weight excluding hydrogens is 274 g/mol. The van der Waals surface area contributed by atoms with Gasteiger partial charge in [-0.1, -0.05) is 25.6 Å². The molecule has 0 atom stereocenters. The molecule has 0 aliphatic heterocycles. The SMILES string of the molecule is CCCCOCCCNC(=O)c1ccc(C(N)=S)cn1. The molecule has 0 bridgehead atoms. The minimum Gasteiger partial charge on any atom is -0.389 e. The summed E-state index contributed by atoms with van der Waals surface area (Å²) in [5.74, 6) is -0.201. The molecule has 0 saturated heterocycles. The zero-order valence-corrected chi connectivity index (χ0v) is 12.5. The average Bonchev–Trinajstić information content (AvgIpc) is 2.46. The van der Waals surface area contributed by atoms with Gasteiger partial charge in [0.1, 0.15) is 10.7 Å². The topological polar surface area (TPSA) is 77.2 Å². The summed E-state index contributed by atoms with van der Waals surface area (Å²) >= 11 is 4.82. The predicted molar refractivity (Wildman–Crippen MR) is 82.8 cm³/mol. The number of nitrogens with two attached hydrogens (primary N) is 1. The number of unbranched alkanes of at least 4 members (excludes halogenated alkanes) is 1. The van der Waals surface area contributed by atoms with Crippen molar-refractivity contribution in [3.8, 4) is 0 Å². The molecular formula is C14H21N3O2S. The van der Waals surface area contributed by atoms with Gasteiger partial charge in [-0.25, -0.2) is 0 Å². The molecule has 0 aliphatic rings. The lowest BCUT2D eigenvalue weighted by Gasteiger charge is -2.06. The molecule has 1 rings (SSSR count). The largest absolute Gasteiger partial charge is 0.389 e. The number of thiocarbonyl (C=S) groups is 1. The van der Waals surface area contributed by atoms with E-state index in [1.807, 2.05) is 0 Å². The van der Waals surface area contributed by atoms with Crippen molar-refractivity contribution in [1.82, 2.24) is 10.3 Å². The number of aromatic nitrogens is 1. The summed E-state index contributed by atoms with van der Waals surface area (Å²) in [6, 6.07) is 3.31. The highest BCUT2D eigenvalue weighted by Crippen LogP contribution is 2.00. The maximum atomic E-state index is 11.8. The summed E-state index contributed by atoms with van der Waals surface area (Å²) < 4.78 is 5.41. The number of carbonyl (C=O) groups is 1. The molecule has 1 heterocycles. The van der Waals surface area contributed by atoms with E-state index in [0.717, 1.165) is 25.9 Å². The standard InChI is InChI=1S/C14H21N3O2S/c1-2-3-8-19-9-4-7-16-14(18)12-6-5-11(10-17-12)13(15)20/h5-6,10H,2-4,7-9H2,1H3,(H2,15,20)(H,16,18). The van der Waals surface area contributed by atoms with Crippen LogP contribution in [-0.2, 0) is 4.74 Å². The Labute approximate surface area is 124 Å². The van der Waals surface area contributed by atoms with E-state index in [9.17, 15) is 4.79 Å². The van der Waals surface area contributed by atoms with Crippen molar-refractivity contribution in [2.45, 2.75) is 26.2 Å². The van der Waals surface area contributed by atoms with Crippen LogP contribution < -0.4 is 11.1 Å². The minimum atomic E-state index is -0.201. The summed E-state index contributed by atoms with van der Waals surface area (Å²) in [6.45, 7) is 4.14. The third kappa shape index (κ3) is 6.08. The van der Waals surface area contributed by atoms with Gasteiger partial charge < -0.3 is 15.8 Å². The Balaban J connectivity index is 2.24. The molecule has 0 aromatic carbocycles. The molecule has 0 aliphatic carbocycles. The lowest BCUT2D eigenvalue weighted by atomic mass is 10.2. The first-order valence-electron chi connectivity index (χ1n) is 6.77.